The van der Waals surface area contributed by atoms with Crippen molar-refractivity contribution < 1.29 is 66.8 Å². The van der Waals surface area contributed by atoms with Gasteiger partial charge in [-0.1, -0.05) is 41.9 Å². The number of rotatable bonds is 3. The summed E-state index contributed by atoms with van der Waals surface area (Å²) in [6, 6.07) is 9.68. The molecule has 0 saturated heterocycles. The van der Waals surface area contributed by atoms with Crippen LogP contribution >= 0.6 is 11.6 Å². The number of hydrogen-bond acceptors (Lipinski definition) is 3. The summed E-state index contributed by atoms with van der Waals surface area (Å²) in [5.74, 6) is -1.11. The molecule has 5 nitrogen and oxygen atoms in total. The Labute approximate surface area is 158 Å². The molecule has 0 atom stereocenters. The molecule has 19 heavy (non-hydrogen) atoms. The molecule has 0 spiro atoms. The number of halogens is 1. The van der Waals surface area contributed by atoms with Crippen LogP contribution in [0.15, 0.2) is 30.3 Å². The van der Waals surface area contributed by atoms with E-state index in [1.165, 1.54) is 0 Å². The van der Waals surface area contributed by atoms with Crippen LogP contribution in [0.3, 0.4) is 0 Å². The van der Waals surface area contributed by atoms with E-state index in [1.807, 2.05) is 30.3 Å². The second kappa shape index (κ2) is 8.16. The summed E-state index contributed by atoms with van der Waals surface area (Å²) >= 11 is 5.91. The van der Waals surface area contributed by atoms with Gasteiger partial charge in [-0.15, -0.1) is 0 Å². The number of benzene rings is 1. The third kappa shape index (κ3) is 4.39. The smallest absolute Gasteiger partial charge is 0.870 e. The summed E-state index contributed by atoms with van der Waals surface area (Å²) in [7, 11) is 0. The van der Waals surface area contributed by atoms with E-state index in [1.54, 1.807) is 11.6 Å². The fourth-order valence-corrected chi connectivity index (χ4v) is 1.79. The topological polar surface area (TPSA) is 85.1 Å². The van der Waals surface area contributed by atoms with Crippen molar-refractivity contribution in [2.45, 2.75) is 13.5 Å². The van der Waals surface area contributed by atoms with Gasteiger partial charge in [-0.05, 0) is 12.5 Å². The minimum Gasteiger partial charge on any atom is -0.870 e. The average molecular weight is 307 g/mol. The Kier molecular flexibility index (Phi) is 8.07. The van der Waals surface area contributed by atoms with E-state index < -0.39 is 5.97 Å². The predicted octanol–water partition coefficient (Wildman–Crippen LogP) is -0.581. The second-order valence-corrected chi connectivity index (χ2v) is 4.07. The standard InChI is InChI=1S/C12H11ClN2O2.K.H2O/c1-8-10(13)11(12(16)17)14-15(8)7-9-5-3-2-4-6-9;;/h2-6H,7H2,1H3,(H,16,17);;1H2/q;+1;/p-1. The molecule has 1 aromatic heterocycles. The van der Waals surface area contributed by atoms with Crippen molar-refractivity contribution in [2.75, 3.05) is 0 Å². The maximum atomic E-state index is 10.9. The number of hydrogen-bond donors (Lipinski definition) is 1. The molecule has 0 fully saturated rings. The monoisotopic (exact) mass is 306 g/mol. The van der Waals surface area contributed by atoms with Gasteiger partial charge in [0.2, 0.25) is 0 Å². The first-order valence-electron chi connectivity index (χ1n) is 5.09. The molecule has 2 N–H and O–H groups in total. The van der Waals surface area contributed by atoms with Crippen molar-refractivity contribution >= 4 is 17.6 Å². The van der Waals surface area contributed by atoms with Gasteiger partial charge in [0.05, 0.1) is 17.3 Å². The van der Waals surface area contributed by atoms with Crippen LogP contribution in [0.4, 0.5) is 0 Å². The molecule has 2 rings (SSSR count). The van der Waals surface area contributed by atoms with Crippen molar-refractivity contribution in [1.29, 1.82) is 0 Å². The molecule has 0 amide bonds. The van der Waals surface area contributed by atoms with Crippen LogP contribution < -0.4 is 51.4 Å². The minimum absolute atomic E-state index is 0. The molecule has 0 saturated carbocycles. The third-order valence-corrected chi connectivity index (χ3v) is 2.96. The van der Waals surface area contributed by atoms with Gasteiger partial charge in [0.25, 0.3) is 0 Å². The van der Waals surface area contributed by atoms with Crippen LogP contribution in [0, 0.1) is 6.92 Å². The molecule has 2 aromatic rings. The molecule has 7 heteroatoms. The van der Waals surface area contributed by atoms with Crippen molar-refractivity contribution in [2.24, 2.45) is 0 Å². The number of aromatic carboxylic acids is 1. The fraction of sp³-hybridized carbons (Fsp3) is 0.167. The number of aromatic nitrogens is 2. The predicted molar refractivity (Wildman–Crippen MR) is 66.4 cm³/mol. The van der Waals surface area contributed by atoms with Crippen molar-refractivity contribution in [3.05, 3.63) is 52.3 Å². The third-order valence-electron chi connectivity index (χ3n) is 2.51. The number of carboxylic acids is 1. The van der Waals surface area contributed by atoms with Crippen LogP contribution in [0.5, 0.6) is 0 Å². The van der Waals surface area contributed by atoms with Gasteiger partial charge in [0.15, 0.2) is 5.69 Å². The van der Waals surface area contributed by atoms with Crippen LogP contribution in [-0.4, -0.2) is 26.3 Å². The van der Waals surface area contributed by atoms with Gasteiger partial charge in [-0.2, -0.15) is 5.10 Å². The van der Waals surface area contributed by atoms with Gasteiger partial charge in [0.1, 0.15) is 0 Å². The van der Waals surface area contributed by atoms with E-state index in [0.717, 1.165) is 5.56 Å². The molecule has 0 bridgehead atoms. The zero-order chi connectivity index (χ0) is 12.4. The molecule has 96 valence electrons. The van der Waals surface area contributed by atoms with E-state index >= 15 is 0 Å². The first-order chi connectivity index (χ1) is 8.09. The van der Waals surface area contributed by atoms with E-state index in [-0.39, 0.29) is 67.6 Å². The fourth-order valence-electron chi connectivity index (χ4n) is 1.57. The van der Waals surface area contributed by atoms with E-state index in [4.69, 9.17) is 16.7 Å². The average Bonchev–Trinajstić information content (AvgIpc) is 2.59. The van der Waals surface area contributed by atoms with Gasteiger partial charge in [-0.25, -0.2) is 4.79 Å². The number of nitrogens with zero attached hydrogens (tertiary/aromatic N) is 2. The Morgan fingerprint density at radius 2 is 1.95 bits per heavy atom. The van der Waals surface area contributed by atoms with Crippen molar-refractivity contribution in [3.63, 3.8) is 0 Å². The second-order valence-electron chi connectivity index (χ2n) is 3.70. The normalized spacial score (nSPS) is 9.37. The van der Waals surface area contributed by atoms with Gasteiger partial charge in [-0.3, -0.25) is 4.68 Å². The molecular weight excluding hydrogens is 295 g/mol. The largest absolute Gasteiger partial charge is 1.00 e. The maximum absolute atomic E-state index is 10.9. The van der Waals surface area contributed by atoms with Crippen LogP contribution in [0.25, 0.3) is 0 Å². The summed E-state index contributed by atoms with van der Waals surface area (Å²) in [5, 5.41) is 13.1. The van der Waals surface area contributed by atoms with Gasteiger partial charge >= 0.3 is 57.4 Å². The maximum Gasteiger partial charge on any atom is 1.00 e. The van der Waals surface area contributed by atoms with Crippen molar-refractivity contribution in [3.8, 4) is 0 Å². The molecule has 1 aromatic carbocycles. The van der Waals surface area contributed by atoms with E-state index in [9.17, 15) is 4.79 Å². The Balaban J connectivity index is 0.00000162. The van der Waals surface area contributed by atoms with Gasteiger partial charge in [0, 0.05) is 0 Å². The van der Waals surface area contributed by atoms with E-state index in [0.29, 0.717) is 12.2 Å². The summed E-state index contributed by atoms with van der Waals surface area (Å²) in [4.78, 5) is 10.9. The van der Waals surface area contributed by atoms with E-state index in [2.05, 4.69) is 5.10 Å². The Morgan fingerprint density at radius 3 is 2.42 bits per heavy atom. The molecule has 0 aliphatic heterocycles. The van der Waals surface area contributed by atoms with Crippen molar-refractivity contribution in [1.82, 2.24) is 9.78 Å². The Hall–Kier alpha value is -0.214. The van der Waals surface area contributed by atoms with Crippen LogP contribution in [-0.2, 0) is 6.54 Å². The Morgan fingerprint density at radius 1 is 1.37 bits per heavy atom. The minimum atomic E-state index is -1.11. The summed E-state index contributed by atoms with van der Waals surface area (Å²) in [5.41, 5.74) is 1.61. The summed E-state index contributed by atoms with van der Waals surface area (Å²) in [6.45, 7) is 2.27. The molecule has 1 heterocycles. The quantitative estimate of drug-likeness (QED) is 0.769. The summed E-state index contributed by atoms with van der Waals surface area (Å²) < 4.78 is 1.60. The molecule has 0 aliphatic rings. The van der Waals surface area contributed by atoms with Crippen LogP contribution in [0.2, 0.25) is 5.02 Å². The zero-order valence-corrected chi connectivity index (χ0v) is 14.5. The number of carbonyl (C=O) groups is 1. The van der Waals surface area contributed by atoms with Crippen LogP contribution in [0.1, 0.15) is 21.7 Å². The number of carboxylic acid groups (broad SMARTS) is 1. The molecular formula is C12H12ClKN2O3. The SMILES string of the molecule is Cc1c(Cl)c(C(=O)O)nn1Cc1ccccc1.[K+].[OH-]. The summed E-state index contributed by atoms with van der Waals surface area (Å²) in [6.07, 6.45) is 0. The molecule has 0 aliphatic carbocycles. The molecule has 0 radical (unpaired) electrons. The Bertz CT molecular complexity index is 558. The zero-order valence-electron chi connectivity index (χ0n) is 10.7. The van der Waals surface area contributed by atoms with Gasteiger partial charge < -0.3 is 10.6 Å². The first kappa shape index (κ1) is 18.8. The molecule has 0 unspecified atom stereocenters. The first-order valence-corrected chi connectivity index (χ1v) is 5.47.